The van der Waals surface area contributed by atoms with Crippen molar-refractivity contribution in [3.05, 3.63) is 59.9 Å². The van der Waals surface area contributed by atoms with Gasteiger partial charge in [-0.3, -0.25) is 4.79 Å². The maximum Gasteiger partial charge on any atom is 0.283 e. The zero-order valence-electron chi connectivity index (χ0n) is 18.8. The van der Waals surface area contributed by atoms with E-state index >= 15 is 13.2 Å². The van der Waals surface area contributed by atoms with Crippen LogP contribution in [0.3, 0.4) is 0 Å². The van der Waals surface area contributed by atoms with Crippen LogP contribution in [-0.4, -0.2) is 49.5 Å². The van der Waals surface area contributed by atoms with Crippen molar-refractivity contribution in [2.45, 2.75) is 50.6 Å². The van der Waals surface area contributed by atoms with E-state index in [1.165, 1.54) is 13.0 Å². The molecule has 0 spiro atoms. The minimum absolute atomic E-state index is 0.167. The van der Waals surface area contributed by atoms with Gasteiger partial charge < -0.3 is 4.90 Å². The summed E-state index contributed by atoms with van der Waals surface area (Å²) in [6.07, 6.45) is 1.84. The molecule has 0 radical (unpaired) electrons. The van der Waals surface area contributed by atoms with E-state index in [-0.39, 0.29) is 23.6 Å². The number of carbonyl (C=O) groups is 1. The third-order valence-electron chi connectivity index (χ3n) is 7.65. The van der Waals surface area contributed by atoms with Crippen LogP contribution in [0.5, 0.6) is 0 Å². The van der Waals surface area contributed by atoms with Crippen molar-refractivity contribution in [2.75, 3.05) is 12.3 Å². The Hall–Kier alpha value is -2.39. The molecule has 6 rings (SSSR count). The van der Waals surface area contributed by atoms with Gasteiger partial charge in [-0.25, -0.2) is 26.3 Å². The van der Waals surface area contributed by atoms with E-state index in [0.717, 1.165) is 4.90 Å². The van der Waals surface area contributed by atoms with Gasteiger partial charge in [-0.05, 0) is 49.7 Å². The maximum absolute atomic E-state index is 15.6. The lowest BCUT2D eigenvalue weighted by Crippen LogP contribution is -2.62. The number of alkyl halides is 2. The number of hydrogen-bond donors (Lipinski definition) is 1. The highest BCUT2D eigenvalue weighted by Crippen LogP contribution is 2.65. The molecule has 2 bridgehead atoms. The first-order chi connectivity index (χ1) is 16.1. The van der Waals surface area contributed by atoms with Gasteiger partial charge in [0.15, 0.2) is 0 Å². The zero-order valence-corrected chi connectivity index (χ0v) is 19.6. The van der Waals surface area contributed by atoms with Gasteiger partial charge in [0.1, 0.15) is 11.9 Å². The molecule has 4 fully saturated rings. The van der Waals surface area contributed by atoms with Gasteiger partial charge in [0.25, 0.3) is 5.92 Å². The van der Waals surface area contributed by atoms with Crippen molar-refractivity contribution in [1.82, 2.24) is 9.62 Å². The molecule has 1 aliphatic heterocycles. The minimum atomic E-state index is -3.99. The van der Waals surface area contributed by atoms with Crippen LogP contribution < -0.4 is 4.72 Å². The van der Waals surface area contributed by atoms with Gasteiger partial charge in [0.05, 0.1) is 23.8 Å². The molecular weight excluding hydrogens is 465 g/mol. The Bertz CT molecular complexity index is 1200. The predicted octanol–water partition coefficient (Wildman–Crippen LogP) is 3.99. The van der Waals surface area contributed by atoms with E-state index in [1.807, 2.05) is 6.07 Å². The fourth-order valence-corrected chi connectivity index (χ4v) is 6.53. The lowest BCUT2D eigenvalue weighted by molar-refractivity contribution is -0.178. The zero-order chi connectivity index (χ0) is 24.3. The average molecular weight is 493 g/mol. The average Bonchev–Trinajstić information content (AvgIpc) is 2.98. The van der Waals surface area contributed by atoms with Crippen molar-refractivity contribution in [1.29, 1.82) is 0 Å². The summed E-state index contributed by atoms with van der Waals surface area (Å²) >= 11 is 0. The molecule has 34 heavy (non-hydrogen) atoms. The Kier molecular flexibility index (Phi) is 5.55. The van der Waals surface area contributed by atoms with Crippen molar-refractivity contribution < 1.29 is 26.4 Å². The third-order valence-corrected chi connectivity index (χ3v) is 9.03. The van der Waals surface area contributed by atoms with Gasteiger partial charge in [-0.1, -0.05) is 48.5 Å². The monoisotopic (exact) mass is 492 g/mol. The Morgan fingerprint density at radius 3 is 2.35 bits per heavy atom. The normalized spacial score (nSPS) is 29.4. The summed E-state index contributed by atoms with van der Waals surface area (Å²) < 4.78 is 72.6. The second kappa shape index (κ2) is 8.09. The van der Waals surface area contributed by atoms with E-state index in [9.17, 15) is 13.2 Å². The highest BCUT2D eigenvalue weighted by atomic mass is 32.2. The second-order valence-corrected chi connectivity index (χ2v) is 11.9. The largest absolute Gasteiger partial charge is 0.331 e. The summed E-state index contributed by atoms with van der Waals surface area (Å²) in [5.74, 6) is -4.29. The molecule has 9 heteroatoms. The molecule has 3 aliphatic carbocycles. The Morgan fingerprint density at radius 2 is 1.76 bits per heavy atom. The highest BCUT2D eigenvalue weighted by Gasteiger charge is 2.66. The number of sulfonamides is 1. The van der Waals surface area contributed by atoms with E-state index in [0.29, 0.717) is 36.3 Å². The fraction of sp³-hybridized carbons (Fsp3) is 0.480. The molecule has 1 amide bonds. The summed E-state index contributed by atoms with van der Waals surface area (Å²) in [6, 6.07) is 10.6. The molecule has 0 aromatic heterocycles. The molecule has 1 saturated heterocycles. The van der Waals surface area contributed by atoms with E-state index < -0.39 is 45.8 Å². The Morgan fingerprint density at radius 1 is 1.09 bits per heavy atom. The van der Waals surface area contributed by atoms with Crippen LogP contribution in [0.15, 0.2) is 48.5 Å². The molecule has 5 nitrogen and oxygen atoms in total. The molecule has 4 aliphatic rings. The molecule has 1 N–H and O–H groups in total. The maximum atomic E-state index is 15.6. The summed E-state index contributed by atoms with van der Waals surface area (Å²) in [5.41, 5.74) is 0.525. The number of likely N-dealkylation sites (tertiary alicyclic amines) is 1. The van der Waals surface area contributed by atoms with E-state index in [2.05, 4.69) is 4.72 Å². The number of nitrogens with one attached hydrogen (secondary N) is 1. The first kappa shape index (κ1) is 23.4. The summed E-state index contributed by atoms with van der Waals surface area (Å²) in [6.45, 7) is 0.484. The van der Waals surface area contributed by atoms with E-state index in [4.69, 9.17) is 0 Å². The molecule has 1 heterocycles. The summed E-state index contributed by atoms with van der Waals surface area (Å²) in [4.78, 5) is 14.5. The number of halogens is 3. The molecule has 2 aromatic carbocycles. The van der Waals surface area contributed by atoms with Gasteiger partial charge in [-0.2, -0.15) is 0 Å². The SMILES string of the molecule is CCS(=O)(=O)N[C@@H]1[C@H](Cc2cccc(-c3ccccc3)c2F)N(C(=O)C23CC(C2)C3)CC1(F)F. The molecule has 182 valence electrons. The number of hydrogen-bond acceptors (Lipinski definition) is 3. The van der Waals surface area contributed by atoms with Crippen LogP contribution in [0.25, 0.3) is 11.1 Å². The number of benzene rings is 2. The predicted molar refractivity (Wildman–Crippen MR) is 122 cm³/mol. The molecular formula is C25H27F3N2O3S. The molecule has 0 unspecified atom stereocenters. The number of rotatable bonds is 7. The molecule has 2 aromatic rings. The quantitative estimate of drug-likeness (QED) is 0.636. The Labute approximate surface area is 197 Å². The minimum Gasteiger partial charge on any atom is -0.331 e. The standard InChI is InChI=1S/C25H27F3N2O3S/c1-2-34(32,33)29-22-20(30(15-25(22,27)28)23(31)24-12-16(13-24)14-24)11-18-9-6-10-19(21(18)26)17-7-4-3-5-8-17/h3-10,16,20,22,29H,2,11-15H2,1H3/t16?,20-,22+,24?/m0/s1. The fourth-order valence-electron chi connectivity index (χ4n) is 5.64. The second-order valence-electron chi connectivity index (χ2n) is 9.87. The van der Waals surface area contributed by atoms with Crippen molar-refractivity contribution in [3.8, 4) is 11.1 Å². The van der Waals surface area contributed by atoms with Gasteiger partial charge in [0, 0.05) is 5.56 Å². The lowest BCUT2D eigenvalue weighted by atomic mass is 9.44. The lowest BCUT2D eigenvalue weighted by Gasteiger charge is -2.61. The van der Waals surface area contributed by atoms with Crippen LogP contribution in [-0.2, 0) is 21.2 Å². The van der Waals surface area contributed by atoms with Crippen molar-refractivity contribution in [3.63, 3.8) is 0 Å². The topological polar surface area (TPSA) is 66.5 Å². The van der Waals surface area contributed by atoms with Crippen molar-refractivity contribution >= 4 is 15.9 Å². The third kappa shape index (κ3) is 3.82. The first-order valence-electron chi connectivity index (χ1n) is 11.6. The number of amides is 1. The summed E-state index contributed by atoms with van der Waals surface area (Å²) in [7, 11) is -3.99. The highest BCUT2D eigenvalue weighted by molar-refractivity contribution is 7.89. The number of carbonyl (C=O) groups excluding carboxylic acids is 1. The van der Waals surface area contributed by atoms with E-state index in [1.54, 1.807) is 36.4 Å². The molecule has 2 atom stereocenters. The van der Waals surface area contributed by atoms with Gasteiger partial charge in [-0.15, -0.1) is 0 Å². The van der Waals surface area contributed by atoms with Crippen LogP contribution >= 0.6 is 0 Å². The van der Waals surface area contributed by atoms with Crippen LogP contribution in [0.4, 0.5) is 13.2 Å². The first-order valence-corrected chi connectivity index (χ1v) is 13.2. The van der Waals surface area contributed by atoms with Gasteiger partial charge >= 0.3 is 0 Å². The number of nitrogens with zero attached hydrogens (tertiary/aromatic N) is 1. The van der Waals surface area contributed by atoms with Crippen LogP contribution in [0, 0.1) is 17.2 Å². The van der Waals surface area contributed by atoms with Crippen molar-refractivity contribution in [2.24, 2.45) is 11.3 Å². The molecule has 3 saturated carbocycles. The smallest absolute Gasteiger partial charge is 0.283 e. The summed E-state index contributed by atoms with van der Waals surface area (Å²) in [5, 5.41) is 0. The van der Waals surface area contributed by atoms with Crippen LogP contribution in [0.2, 0.25) is 0 Å². The van der Waals surface area contributed by atoms with Gasteiger partial charge in [0.2, 0.25) is 15.9 Å². The van der Waals surface area contributed by atoms with Crippen LogP contribution in [0.1, 0.15) is 31.7 Å². The Balaban J connectivity index is 1.52.